The summed E-state index contributed by atoms with van der Waals surface area (Å²) in [6.07, 6.45) is -3.43. The minimum Gasteiger partial charge on any atom is -0.480 e. The fourth-order valence-electron chi connectivity index (χ4n) is 8.81. The van der Waals surface area contributed by atoms with Crippen molar-refractivity contribution >= 4 is 70.8 Å². The summed E-state index contributed by atoms with van der Waals surface area (Å²) in [5.74, 6) is 0.705. The van der Waals surface area contributed by atoms with Gasteiger partial charge in [0, 0.05) is 28.0 Å². The van der Waals surface area contributed by atoms with Gasteiger partial charge in [0.05, 0.1) is 6.54 Å². The molecule has 0 aliphatic carbocycles. The van der Waals surface area contributed by atoms with Crippen molar-refractivity contribution in [3.05, 3.63) is 179 Å². The number of carbonyl (C=O) groups excluding carboxylic acids is 5. The number of halogens is 2. The molecule has 2 fully saturated rings. The summed E-state index contributed by atoms with van der Waals surface area (Å²) in [4.78, 5) is 76.5. The van der Waals surface area contributed by atoms with Gasteiger partial charge in [-0.25, -0.2) is 24.0 Å². The first-order valence-electron chi connectivity index (χ1n) is 27.6. The van der Waals surface area contributed by atoms with Crippen LogP contribution in [0.4, 0.5) is 30.6 Å². The number of carboxylic acid groups (broad SMARTS) is 1. The minimum atomic E-state index is -1.06. The van der Waals surface area contributed by atoms with Gasteiger partial charge in [-0.2, -0.15) is 0 Å². The molecule has 6 N–H and O–H groups in total. The average Bonchev–Trinajstić information content (AvgIpc) is 2.17. The summed E-state index contributed by atoms with van der Waals surface area (Å²) >= 11 is 11.9. The van der Waals surface area contributed by atoms with Gasteiger partial charge in [0.25, 0.3) is 0 Å². The average molecular weight is 1210 g/mol. The first-order valence-corrected chi connectivity index (χ1v) is 28.3. The van der Waals surface area contributed by atoms with E-state index in [-0.39, 0.29) is 31.0 Å². The molecule has 0 aromatic heterocycles. The van der Waals surface area contributed by atoms with Gasteiger partial charge in [0.15, 0.2) is 0 Å². The number of hydrogen-bond donors (Lipinski definition) is 5. The number of nitrogens with two attached hydrogens (primary N) is 1. The van der Waals surface area contributed by atoms with E-state index in [1.54, 1.807) is 138 Å². The second kappa shape index (κ2) is 29.8. The van der Waals surface area contributed by atoms with Crippen molar-refractivity contribution in [3.8, 4) is 23.0 Å². The van der Waals surface area contributed by atoms with Crippen LogP contribution in [0.2, 0.25) is 10.0 Å². The van der Waals surface area contributed by atoms with Crippen LogP contribution in [0, 0.1) is 11.8 Å². The molecule has 0 unspecified atom stereocenters. The number of carbonyl (C=O) groups is 6. The first kappa shape index (κ1) is 65.6. The predicted octanol–water partition coefficient (Wildman–Crippen LogP) is 13.6. The molecular weight excluding hydrogens is 1130 g/mol. The van der Waals surface area contributed by atoms with Crippen LogP contribution in [-0.2, 0) is 28.5 Å². The fourth-order valence-corrected chi connectivity index (χ4v) is 9.06. The number of amides is 5. The highest BCUT2D eigenvalue weighted by molar-refractivity contribution is 6.30. The standard InChI is InChI=1S/C32H36ClN3O6.C22H19ClN2O3.C10H19NO4/c1-20(2)27(35-30(38)42-32(3,4)5)29(37)34-19-26-28(21-9-7-6-8-10-21)36(31(39)41-26)23-13-17-25(18-14-23)40-24-15-11-22(33)12-16-24;23-16-6-10-18(11-7-16)27-19-12-8-17(9-13-19)25-21(15-4-2-1-3-5-15)20(14-24)28-22(25)26;1-6(2)7(8(12)13)11-9(14)15-10(3,4)5/h6-18,20,26-28H,19H2,1-5H3,(H,34,37)(H,35,38);1-13,20-21H,14,24H2;6-7H,1-5H3,(H,11,14)(H,12,13)/t26-,27+,28-;20-,21-;7-/m001/s1. The van der Waals surface area contributed by atoms with E-state index in [1.807, 2.05) is 98.8 Å². The first-order chi connectivity index (χ1) is 40.2. The molecule has 2 heterocycles. The van der Waals surface area contributed by atoms with Gasteiger partial charge in [-0.3, -0.25) is 14.6 Å². The van der Waals surface area contributed by atoms with E-state index in [1.165, 1.54) is 0 Å². The van der Waals surface area contributed by atoms with E-state index in [4.69, 9.17) is 62.5 Å². The number of anilines is 2. The lowest BCUT2D eigenvalue weighted by atomic mass is 9.99. The van der Waals surface area contributed by atoms with Gasteiger partial charge in [-0.15, -0.1) is 0 Å². The maximum atomic E-state index is 13.2. The van der Waals surface area contributed by atoms with Crippen LogP contribution in [-0.4, -0.2) is 89.9 Å². The summed E-state index contributed by atoms with van der Waals surface area (Å²) in [5.41, 5.74) is 7.68. The zero-order chi connectivity index (χ0) is 62.2. The molecule has 2 saturated heterocycles. The van der Waals surface area contributed by atoms with Crippen molar-refractivity contribution in [2.24, 2.45) is 17.6 Å². The molecule has 6 atom stereocenters. The summed E-state index contributed by atoms with van der Waals surface area (Å²) < 4.78 is 33.3. The Labute approximate surface area is 505 Å². The van der Waals surface area contributed by atoms with E-state index in [9.17, 15) is 28.8 Å². The Kier molecular flexibility index (Phi) is 23.0. The molecule has 8 rings (SSSR count). The number of hydrogen-bond acceptors (Lipinski definition) is 13. The number of aliphatic carboxylic acids is 1. The Bertz CT molecular complexity index is 3160. The largest absolute Gasteiger partial charge is 0.480 e. The van der Waals surface area contributed by atoms with E-state index < -0.39 is 77.8 Å². The van der Waals surface area contributed by atoms with Crippen LogP contribution in [0.25, 0.3) is 0 Å². The molecule has 452 valence electrons. The molecule has 0 bridgehead atoms. The maximum absolute atomic E-state index is 13.2. The number of ether oxygens (including phenoxy) is 6. The van der Waals surface area contributed by atoms with Gasteiger partial charge in [0.2, 0.25) is 5.91 Å². The lowest BCUT2D eigenvalue weighted by molar-refractivity contribution is -0.140. The second-order valence-corrected chi connectivity index (χ2v) is 23.3. The zero-order valence-corrected chi connectivity index (χ0v) is 50.6. The smallest absolute Gasteiger partial charge is 0.415 e. The van der Waals surface area contributed by atoms with Gasteiger partial charge in [-0.05, 0) is 162 Å². The topological polar surface area (TPSA) is 247 Å². The molecule has 0 spiro atoms. The SMILES string of the molecule is CC(C)[C@@H](NC(=O)OC(C)(C)C)C(=O)NC[C@@H]1OC(=O)N(c2ccc(Oc3ccc(Cl)cc3)cc2)[C@H]1c1ccccc1.CC(C)[C@@H](NC(=O)OC(C)(C)C)C(=O)O.NC[C@@H]1OC(=O)N(c2ccc(Oc3ccc(Cl)cc3)cc2)[C@H]1c1ccccc1. The van der Waals surface area contributed by atoms with Crippen LogP contribution >= 0.6 is 23.2 Å². The van der Waals surface area contributed by atoms with E-state index in [0.717, 1.165) is 16.8 Å². The van der Waals surface area contributed by atoms with Crippen molar-refractivity contribution in [1.82, 2.24) is 16.0 Å². The highest BCUT2D eigenvalue weighted by atomic mass is 35.5. The number of rotatable bonds is 17. The van der Waals surface area contributed by atoms with Gasteiger partial charge < -0.3 is 55.2 Å². The Morgan fingerprint density at radius 1 is 0.541 bits per heavy atom. The monoisotopic (exact) mass is 1200 g/mol. The molecular formula is C64H74Cl2N6O13. The lowest BCUT2D eigenvalue weighted by Crippen LogP contribution is -2.52. The second-order valence-electron chi connectivity index (χ2n) is 22.5. The third kappa shape index (κ3) is 19.5. The quantitative estimate of drug-likeness (QED) is 0.0533. The summed E-state index contributed by atoms with van der Waals surface area (Å²) in [5, 5.41) is 17.9. The molecule has 85 heavy (non-hydrogen) atoms. The molecule has 6 aromatic carbocycles. The van der Waals surface area contributed by atoms with Crippen LogP contribution in [0.3, 0.4) is 0 Å². The molecule has 19 nitrogen and oxygen atoms in total. The minimum absolute atomic E-state index is 0.0393. The maximum Gasteiger partial charge on any atom is 0.415 e. The summed E-state index contributed by atoms with van der Waals surface area (Å²) in [6, 6.07) is 45.2. The number of nitrogens with zero attached hydrogens (tertiary/aromatic N) is 2. The number of carboxylic acids is 1. The van der Waals surface area contributed by atoms with Crippen molar-refractivity contribution in [2.75, 3.05) is 22.9 Å². The summed E-state index contributed by atoms with van der Waals surface area (Å²) in [7, 11) is 0. The molecule has 2 aliphatic heterocycles. The van der Waals surface area contributed by atoms with Crippen molar-refractivity contribution in [3.63, 3.8) is 0 Å². The van der Waals surface area contributed by atoms with E-state index in [2.05, 4.69) is 16.0 Å². The summed E-state index contributed by atoms with van der Waals surface area (Å²) in [6.45, 7) is 17.8. The normalized spacial score (nSPS) is 17.2. The van der Waals surface area contributed by atoms with Gasteiger partial charge in [-0.1, -0.05) is 112 Å². The predicted molar refractivity (Wildman–Crippen MR) is 325 cm³/mol. The van der Waals surface area contributed by atoms with E-state index >= 15 is 0 Å². The molecule has 5 amide bonds. The Balaban J connectivity index is 0.000000230. The molecule has 0 radical (unpaired) electrons. The van der Waals surface area contributed by atoms with Gasteiger partial charge >= 0.3 is 30.3 Å². The van der Waals surface area contributed by atoms with Crippen LogP contribution in [0.15, 0.2) is 158 Å². The molecule has 2 aliphatic rings. The van der Waals surface area contributed by atoms with Crippen LogP contribution in [0.5, 0.6) is 23.0 Å². The third-order valence-electron chi connectivity index (χ3n) is 12.7. The fraction of sp³-hybridized carbons (Fsp3) is 0.344. The number of benzene rings is 6. The van der Waals surface area contributed by atoms with Gasteiger partial charge in [0.1, 0.15) is 70.6 Å². The third-order valence-corrected chi connectivity index (χ3v) is 13.2. The zero-order valence-electron chi connectivity index (χ0n) is 49.1. The molecule has 6 aromatic rings. The van der Waals surface area contributed by atoms with Crippen molar-refractivity contribution in [1.29, 1.82) is 0 Å². The van der Waals surface area contributed by atoms with Crippen LogP contribution in [0.1, 0.15) is 92.4 Å². The molecule has 0 saturated carbocycles. The Morgan fingerprint density at radius 2 is 0.882 bits per heavy atom. The number of cyclic esters (lactones) is 2. The highest BCUT2D eigenvalue weighted by Gasteiger charge is 2.45. The number of alkyl carbamates (subject to hydrolysis) is 2. The van der Waals surface area contributed by atoms with Crippen molar-refractivity contribution in [2.45, 2.75) is 117 Å². The van der Waals surface area contributed by atoms with Crippen molar-refractivity contribution < 1.29 is 62.3 Å². The highest BCUT2D eigenvalue weighted by Crippen LogP contribution is 2.40. The Hall–Kier alpha value is -8.52. The lowest BCUT2D eigenvalue weighted by Gasteiger charge is -2.27. The molecule has 21 heteroatoms. The van der Waals surface area contributed by atoms with Crippen LogP contribution < -0.4 is 41.0 Å². The van der Waals surface area contributed by atoms with E-state index in [0.29, 0.717) is 38.7 Å². The number of nitrogens with one attached hydrogen (secondary N) is 3. The Morgan fingerprint density at radius 3 is 1.22 bits per heavy atom.